The minimum absolute atomic E-state index is 0.149. The van der Waals surface area contributed by atoms with E-state index in [0.717, 1.165) is 0 Å². The maximum absolute atomic E-state index is 11.4. The van der Waals surface area contributed by atoms with Crippen LogP contribution in [0.25, 0.3) is 0 Å². The molecular formula is C11H12O4. The third-order valence-electron chi connectivity index (χ3n) is 1.74. The van der Waals surface area contributed by atoms with Gasteiger partial charge in [0.15, 0.2) is 6.29 Å². The zero-order valence-electron chi connectivity index (χ0n) is 8.56. The van der Waals surface area contributed by atoms with Crippen molar-refractivity contribution in [3.63, 3.8) is 0 Å². The van der Waals surface area contributed by atoms with Crippen LogP contribution >= 0.6 is 0 Å². The topological polar surface area (TPSA) is 63.6 Å². The fourth-order valence-corrected chi connectivity index (χ4v) is 1.05. The van der Waals surface area contributed by atoms with E-state index in [4.69, 9.17) is 4.74 Å². The molecule has 0 spiro atoms. The van der Waals surface area contributed by atoms with E-state index in [9.17, 15) is 14.7 Å². The van der Waals surface area contributed by atoms with E-state index in [2.05, 4.69) is 0 Å². The molecule has 0 saturated carbocycles. The van der Waals surface area contributed by atoms with E-state index in [-0.39, 0.29) is 23.0 Å². The van der Waals surface area contributed by atoms with Crippen LogP contribution in [-0.4, -0.2) is 23.5 Å². The van der Waals surface area contributed by atoms with Crippen molar-refractivity contribution in [2.24, 2.45) is 0 Å². The van der Waals surface area contributed by atoms with Crippen LogP contribution in [0.15, 0.2) is 18.2 Å². The van der Waals surface area contributed by atoms with Gasteiger partial charge in [-0.3, -0.25) is 4.79 Å². The molecule has 0 fully saturated rings. The summed E-state index contributed by atoms with van der Waals surface area (Å²) >= 11 is 0. The van der Waals surface area contributed by atoms with E-state index >= 15 is 0 Å². The van der Waals surface area contributed by atoms with Crippen LogP contribution in [0.2, 0.25) is 0 Å². The highest BCUT2D eigenvalue weighted by atomic mass is 16.5. The number of benzene rings is 1. The lowest BCUT2D eigenvalue weighted by Gasteiger charge is -2.08. The molecule has 0 atom stereocenters. The number of aromatic hydroxyl groups is 1. The highest BCUT2D eigenvalue weighted by molar-refractivity contribution is 5.91. The average molecular weight is 208 g/mol. The standard InChI is InChI=1S/C11H12O4/c1-7(2)15-11(14)8-3-4-9(6-12)10(13)5-8/h3-7,13H,1-2H3. The second kappa shape index (κ2) is 4.59. The Morgan fingerprint density at radius 2 is 2.13 bits per heavy atom. The number of phenolic OH excluding ortho intramolecular Hbond substituents is 1. The molecule has 1 aromatic rings. The predicted molar refractivity (Wildman–Crippen MR) is 54.0 cm³/mol. The number of phenols is 1. The Kier molecular flexibility index (Phi) is 3.44. The van der Waals surface area contributed by atoms with Crippen molar-refractivity contribution in [1.29, 1.82) is 0 Å². The first kappa shape index (κ1) is 11.2. The van der Waals surface area contributed by atoms with Crippen molar-refractivity contribution in [2.75, 3.05) is 0 Å². The van der Waals surface area contributed by atoms with E-state index in [1.54, 1.807) is 13.8 Å². The predicted octanol–water partition coefficient (Wildman–Crippen LogP) is 1.77. The summed E-state index contributed by atoms with van der Waals surface area (Å²) in [5.41, 5.74) is 0.378. The number of carbonyl (C=O) groups excluding carboxylic acids is 2. The Morgan fingerprint density at radius 3 is 2.60 bits per heavy atom. The summed E-state index contributed by atoms with van der Waals surface area (Å²) in [6.45, 7) is 3.47. The number of rotatable bonds is 3. The molecule has 4 nitrogen and oxygen atoms in total. The van der Waals surface area contributed by atoms with Crippen LogP contribution in [0.5, 0.6) is 5.75 Å². The zero-order valence-corrected chi connectivity index (χ0v) is 8.56. The van der Waals surface area contributed by atoms with Crippen molar-refractivity contribution in [3.8, 4) is 5.75 Å². The average Bonchev–Trinajstić information content (AvgIpc) is 2.16. The molecule has 0 radical (unpaired) electrons. The maximum atomic E-state index is 11.4. The molecule has 0 heterocycles. The third kappa shape index (κ3) is 2.80. The molecule has 0 aliphatic rings. The minimum atomic E-state index is -0.516. The van der Waals surface area contributed by atoms with Crippen molar-refractivity contribution >= 4 is 12.3 Å². The van der Waals surface area contributed by atoms with Crippen molar-refractivity contribution in [2.45, 2.75) is 20.0 Å². The van der Waals surface area contributed by atoms with Gasteiger partial charge in [-0.25, -0.2) is 4.79 Å². The molecule has 15 heavy (non-hydrogen) atoms. The largest absolute Gasteiger partial charge is 0.507 e. The molecule has 0 bridgehead atoms. The fourth-order valence-electron chi connectivity index (χ4n) is 1.05. The number of hydrogen-bond acceptors (Lipinski definition) is 4. The maximum Gasteiger partial charge on any atom is 0.338 e. The van der Waals surface area contributed by atoms with Gasteiger partial charge in [-0.15, -0.1) is 0 Å². The number of ether oxygens (including phenoxy) is 1. The minimum Gasteiger partial charge on any atom is -0.507 e. The molecule has 1 aromatic carbocycles. The molecule has 4 heteroatoms. The highest BCUT2D eigenvalue weighted by Gasteiger charge is 2.11. The first-order valence-corrected chi connectivity index (χ1v) is 4.53. The van der Waals surface area contributed by atoms with Crippen LogP contribution in [0, 0.1) is 0 Å². The van der Waals surface area contributed by atoms with Crippen molar-refractivity contribution < 1.29 is 19.4 Å². The van der Waals surface area contributed by atoms with Crippen LogP contribution in [0.3, 0.4) is 0 Å². The summed E-state index contributed by atoms with van der Waals surface area (Å²) < 4.78 is 4.93. The molecule has 80 valence electrons. The summed E-state index contributed by atoms with van der Waals surface area (Å²) in [5, 5.41) is 9.34. The third-order valence-corrected chi connectivity index (χ3v) is 1.74. The second-order valence-electron chi connectivity index (χ2n) is 3.35. The Labute approximate surface area is 87.5 Å². The monoisotopic (exact) mass is 208 g/mol. The van der Waals surface area contributed by atoms with Gasteiger partial charge in [0.25, 0.3) is 0 Å². The lowest BCUT2D eigenvalue weighted by atomic mass is 10.1. The van der Waals surface area contributed by atoms with E-state index in [1.165, 1.54) is 18.2 Å². The van der Waals surface area contributed by atoms with Gasteiger partial charge >= 0.3 is 5.97 Å². The van der Waals surface area contributed by atoms with Crippen LogP contribution < -0.4 is 0 Å². The smallest absolute Gasteiger partial charge is 0.338 e. The van der Waals surface area contributed by atoms with Gasteiger partial charge < -0.3 is 9.84 Å². The highest BCUT2D eigenvalue weighted by Crippen LogP contribution is 2.17. The molecule has 1 N–H and O–H groups in total. The Hall–Kier alpha value is -1.84. The van der Waals surface area contributed by atoms with Crippen LogP contribution in [0.1, 0.15) is 34.6 Å². The number of hydrogen-bond donors (Lipinski definition) is 1. The molecule has 0 aliphatic carbocycles. The SMILES string of the molecule is CC(C)OC(=O)c1ccc(C=O)c(O)c1. The quantitative estimate of drug-likeness (QED) is 0.607. The van der Waals surface area contributed by atoms with Crippen molar-refractivity contribution in [3.05, 3.63) is 29.3 Å². The Bertz CT molecular complexity index is 382. The normalized spacial score (nSPS) is 10.1. The number of aldehydes is 1. The van der Waals surface area contributed by atoms with E-state index in [1.807, 2.05) is 0 Å². The van der Waals surface area contributed by atoms with Gasteiger partial charge in [0.05, 0.1) is 17.2 Å². The number of carbonyl (C=O) groups is 2. The second-order valence-corrected chi connectivity index (χ2v) is 3.35. The first-order valence-electron chi connectivity index (χ1n) is 4.53. The summed E-state index contributed by atoms with van der Waals surface area (Å²) in [6.07, 6.45) is 0.303. The van der Waals surface area contributed by atoms with Gasteiger partial charge in [-0.2, -0.15) is 0 Å². The van der Waals surface area contributed by atoms with Crippen LogP contribution in [0.4, 0.5) is 0 Å². The molecular weight excluding hydrogens is 196 g/mol. The molecule has 0 aliphatic heterocycles. The fraction of sp³-hybridized carbons (Fsp3) is 0.273. The molecule has 1 rings (SSSR count). The molecule has 0 amide bonds. The summed E-state index contributed by atoms with van der Waals surface area (Å²) in [5.74, 6) is -0.735. The van der Waals surface area contributed by atoms with Gasteiger partial charge in [0.1, 0.15) is 5.75 Å². The van der Waals surface area contributed by atoms with E-state index in [0.29, 0.717) is 6.29 Å². The molecule has 0 aromatic heterocycles. The van der Waals surface area contributed by atoms with Gasteiger partial charge in [-0.05, 0) is 32.0 Å². The lowest BCUT2D eigenvalue weighted by Crippen LogP contribution is -2.11. The van der Waals surface area contributed by atoms with Gasteiger partial charge in [0.2, 0.25) is 0 Å². The lowest BCUT2D eigenvalue weighted by molar-refractivity contribution is 0.0377. The zero-order chi connectivity index (χ0) is 11.4. The number of esters is 1. The molecule has 0 unspecified atom stereocenters. The Balaban J connectivity index is 2.92. The van der Waals surface area contributed by atoms with E-state index < -0.39 is 5.97 Å². The van der Waals surface area contributed by atoms with Gasteiger partial charge in [-0.1, -0.05) is 0 Å². The Morgan fingerprint density at radius 1 is 1.47 bits per heavy atom. The van der Waals surface area contributed by atoms with Crippen molar-refractivity contribution in [1.82, 2.24) is 0 Å². The van der Waals surface area contributed by atoms with Crippen LogP contribution in [-0.2, 0) is 4.74 Å². The first-order chi connectivity index (χ1) is 7.04. The summed E-state index contributed by atoms with van der Waals surface area (Å²) in [6, 6.07) is 4.03. The summed E-state index contributed by atoms with van der Waals surface area (Å²) in [7, 11) is 0. The van der Waals surface area contributed by atoms with Gasteiger partial charge in [0, 0.05) is 0 Å². The summed E-state index contributed by atoms with van der Waals surface area (Å²) in [4.78, 5) is 21.8. The molecule has 0 saturated heterocycles.